The summed E-state index contributed by atoms with van der Waals surface area (Å²) in [4.78, 5) is 28.8. The smallest absolute Gasteiger partial charge is 0.271 e. The van der Waals surface area contributed by atoms with Crippen molar-refractivity contribution >= 4 is 5.91 Å². The van der Waals surface area contributed by atoms with Crippen LogP contribution in [-0.2, 0) is 4.74 Å². The molecule has 26 heavy (non-hydrogen) atoms. The summed E-state index contributed by atoms with van der Waals surface area (Å²) >= 11 is 0. The van der Waals surface area contributed by atoms with Gasteiger partial charge in [0.1, 0.15) is 5.69 Å². The number of aromatic nitrogens is 2. The normalized spacial score (nSPS) is 15.1. The van der Waals surface area contributed by atoms with Gasteiger partial charge >= 0.3 is 0 Å². The van der Waals surface area contributed by atoms with E-state index in [4.69, 9.17) is 4.74 Å². The van der Waals surface area contributed by atoms with Gasteiger partial charge in [0.05, 0.1) is 18.9 Å². The lowest BCUT2D eigenvalue weighted by Gasteiger charge is -2.26. The van der Waals surface area contributed by atoms with Crippen molar-refractivity contribution in [1.82, 2.24) is 19.6 Å². The van der Waals surface area contributed by atoms with Crippen molar-refractivity contribution in [2.75, 3.05) is 46.4 Å². The number of benzene rings is 1. The Hall–Kier alpha value is -2.38. The average molecular weight is 358 g/mol. The Kier molecular flexibility index (Phi) is 6.25. The fourth-order valence-electron chi connectivity index (χ4n) is 3.09. The third kappa shape index (κ3) is 4.62. The molecular weight excluding hydrogens is 332 g/mol. The van der Waals surface area contributed by atoms with E-state index < -0.39 is 0 Å². The average Bonchev–Trinajstić information content (AvgIpc) is 3.07. The van der Waals surface area contributed by atoms with Gasteiger partial charge in [0.2, 0.25) is 0 Å². The molecule has 1 fully saturated rings. The second kappa shape index (κ2) is 8.82. The van der Waals surface area contributed by atoms with Gasteiger partial charge in [0.25, 0.3) is 11.5 Å². The highest BCUT2D eigenvalue weighted by Crippen LogP contribution is 2.06. The molecule has 0 spiro atoms. The van der Waals surface area contributed by atoms with Crippen molar-refractivity contribution < 1.29 is 9.53 Å². The Morgan fingerprint density at radius 2 is 1.92 bits per heavy atom. The highest BCUT2D eigenvalue weighted by Gasteiger charge is 2.16. The van der Waals surface area contributed by atoms with Crippen LogP contribution in [0.5, 0.6) is 0 Å². The predicted octanol–water partition coefficient (Wildman–Crippen LogP) is 1.35. The number of hydrogen-bond donors (Lipinski definition) is 1. The number of para-hydroxylation sites is 1. The Morgan fingerprint density at radius 1 is 1.19 bits per heavy atom. The van der Waals surface area contributed by atoms with Gasteiger partial charge in [-0.05, 0) is 31.5 Å². The number of amides is 1. The lowest BCUT2D eigenvalue weighted by Crippen LogP contribution is -2.37. The molecule has 1 N–H and O–H groups in total. The fourth-order valence-corrected chi connectivity index (χ4v) is 3.09. The molecule has 7 nitrogen and oxygen atoms in total. The number of rotatable bonds is 7. The van der Waals surface area contributed by atoms with Gasteiger partial charge in [-0.25, -0.2) is 4.68 Å². The molecule has 1 aliphatic rings. The van der Waals surface area contributed by atoms with E-state index in [-0.39, 0.29) is 11.5 Å². The van der Waals surface area contributed by atoms with Crippen molar-refractivity contribution in [3.05, 3.63) is 52.4 Å². The van der Waals surface area contributed by atoms with Gasteiger partial charge in [-0.15, -0.1) is 0 Å². The van der Waals surface area contributed by atoms with E-state index in [0.29, 0.717) is 17.9 Å². The first-order valence-electron chi connectivity index (χ1n) is 9.08. The van der Waals surface area contributed by atoms with Crippen LogP contribution in [0.25, 0.3) is 5.69 Å². The molecule has 1 aliphatic heterocycles. The van der Waals surface area contributed by atoms with E-state index in [1.54, 1.807) is 11.9 Å². The van der Waals surface area contributed by atoms with Crippen molar-refractivity contribution in [1.29, 1.82) is 0 Å². The van der Waals surface area contributed by atoms with Gasteiger partial charge in [0, 0.05) is 32.7 Å². The van der Waals surface area contributed by atoms with Crippen LogP contribution < -0.4 is 5.56 Å². The Bertz CT molecular complexity index is 763. The molecule has 0 bridgehead atoms. The van der Waals surface area contributed by atoms with Crippen LogP contribution in [0.15, 0.2) is 41.2 Å². The number of unbranched alkanes of at least 4 members (excludes halogenated alkanes) is 1. The summed E-state index contributed by atoms with van der Waals surface area (Å²) < 4.78 is 6.73. The molecule has 0 radical (unpaired) electrons. The predicted molar refractivity (Wildman–Crippen MR) is 99.8 cm³/mol. The van der Waals surface area contributed by atoms with Gasteiger partial charge in [0.15, 0.2) is 0 Å². The highest BCUT2D eigenvalue weighted by molar-refractivity contribution is 5.92. The molecule has 2 heterocycles. The molecule has 140 valence electrons. The highest BCUT2D eigenvalue weighted by atomic mass is 16.5. The van der Waals surface area contributed by atoms with Crippen molar-refractivity contribution in [2.24, 2.45) is 0 Å². The number of aromatic amines is 1. The molecule has 7 heteroatoms. The van der Waals surface area contributed by atoms with Gasteiger partial charge in [-0.1, -0.05) is 18.2 Å². The number of nitrogens with zero attached hydrogens (tertiary/aromatic N) is 3. The summed E-state index contributed by atoms with van der Waals surface area (Å²) in [6.07, 6.45) is 1.97. The molecule has 0 atom stereocenters. The minimum Gasteiger partial charge on any atom is -0.379 e. The fraction of sp³-hybridized carbons (Fsp3) is 0.474. The van der Waals surface area contributed by atoms with Crippen LogP contribution in [0.3, 0.4) is 0 Å². The summed E-state index contributed by atoms with van der Waals surface area (Å²) in [6, 6.07) is 10.6. The zero-order chi connectivity index (χ0) is 18.4. The maximum absolute atomic E-state index is 12.6. The number of carbonyl (C=O) groups excluding carboxylic acids is 1. The summed E-state index contributed by atoms with van der Waals surface area (Å²) in [7, 11) is 1.77. The zero-order valence-corrected chi connectivity index (χ0v) is 15.2. The molecule has 2 aromatic rings. The van der Waals surface area contributed by atoms with Crippen molar-refractivity contribution in [3.8, 4) is 5.69 Å². The minimum atomic E-state index is -0.236. The van der Waals surface area contributed by atoms with Crippen LogP contribution in [0, 0.1) is 0 Å². The molecule has 3 rings (SSSR count). The number of nitrogens with one attached hydrogen (secondary N) is 1. The summed E-state index contributed by atoms with van der Waals surface area (Å²) in [5, 5.41) is 2.91. The molecular formula is C19H26N4O3. The van der Waals surface area contributed by atoms with E-state index in [0.717, 1.165) is 45.7 Å². The maximum atomic E-state index is 12.6. The van der Waals surface area contributed by atoms with Gasteiger partial charge in [-0.3, -0.25) is 19.6 Å². The summed E-state index contributed by atoms with van der Waals surface area (Å²) in [5.74, 6) is -0.164. The van der Waals surface area contributed by atoms with E-state index in [1.165, 1.54) is 10.7 Å². The van der Waals surface area contributed by atoms with Crippen molar-refractivity contribution in [3.63, 3.8) is 0 Å². The van der Waals surface area contributed by atoms with E-state index >= 15 is 0 Å². The first kappa shape index (κ1) is 18.4. The second-order valence-corrected chi connectivity index (χ2v) is 6.57. The number of ether oxygens (including phenoxy) is 1. The van der Waals surface area contributed by atoms with Crippen LogP contribution in [0.2, 0.25) is 0 Å². The number of hydrogen-bond acceptors (Lipinski definition) is 4. The van der Waals surface area contributed by atoms with Crippen LogP contribution >= 0.6 is 0 Å². The molecule has 1 amide bonds. The second-order valence-electron chi connectivity index (χ2n) is 6.57. The zero-order valence-electron chi connectivity index (χ0n) is 15.2. The molecule has 1 aromatic carbocycles. The Labute approximate surface area is 153 Å². The van der Waals surface area contributed by atoms with Crippen LogP contribution in [0.1, 0.15) is 23.3 Å². The molecule has 0 aliphatic carbocycles. The van der Waals surface area contributed by atoms with Crippen LogP contribution in [0.4, 0.5) is 0 Å². The Morgan fingerprint density at radius 3 is 2.65 bits per heavy atom. The number of morpholine rings is 1. The number of H-pyrrole nitrogens is 1. The third-order valence-electron chi connectivity index (χ3n) is 4.63. The number of carbonyl (C=O) groups is 1. The monoisotopic (exact) mass is 358 g/mol. The Balaban J connectivity index is 1.51. The summed E-state index contributed by atoms with van der Waals surface area (Å²) in [5.41, 5.74) is 0.791. The van der Waals surface area contributed by atoms with E-state index in [1.807, 2.05) is 30.3 Å². The summed E-state index contributed by atoms with van der Waals surface area (Å²) in [6.45, 7) is 5.30. The molecule has 0 saturated carbocycles. The van der Waals surface area contributed by atoms with Crippen molar-refractivity contribution in [2.45, 2.75) is 12.8 Å². The van der Waals surface area contributed by atoms with E-state index in [2.05, 4.69) is 10.00 Å². The quantitative estimate of drug-likeness (QED) is 0.759. The standard InChI is InChI=1S/C19H26N4O3/c1-21(9-5-6-10-22-11-13-26-14-12-22)19(25)17-15-18(24)23(20-17)16-7-3-2-4-8-16/h2-4,7-8,15,20H,5-6,9-14H2,1H3. The molecule has 1 saturated heterocycles. The third-order valence-corrected chi connectivity index (χ3v) is 4.63. The van der Waals surface area contributed by atoms with Crippen LogP contribution in [-0.4, -0.2) is 71.9 Å². The first-order chi connectivity index (χ1) is 12.6. The SMILES string of the molecule is CN(CCCCN1CCOCC1)C(=O)c1cc(=O)n(-c2ccccc2)[nH]1. The molecule has 1 aromatic heterocycles. The van der Waals surface area contributed by atoms with Gasteiger partial charge < -0.3 is 9.64 Å². The maximum Gasteiger partial charge on any atom is 0.271 e. The first-order valence-corrected chi connectivity index (χ1v) is 9.08. The van der Waals surface area contributed by atoms with Gasteiger partial charge in [-0.2, -0.15) is 0 Å². The topological polar surface area (TPSA) is 70.6 Å². The minimum absolute atomic E-state index is 0.164. The lowest BCUT2D eigenvalue weighted by atomic mass is 10.2. The lowest BCUT2D eigenvalue weighted by molar-refractivity contribution is 0.0369. The largest absolute Gasteiger partial charge is 0.379 e. The molecule has 0 unspecified atom stereocenters. The van der Waals surface area contributed by atoms with E-state index in [9.17, 15) is 9.59 Å².